The van der Waals surface area contributed by atoms with Crippen LogP contribution < -0.4 is 10.6 Å². The summed E-state index contributed by atoms with van der Waals surface area (Å²) in [6, 6.07) is 7.18. The van der Waals surface area contributed by atoms with Gasteiger partial charge in [-0.25, -0.2) is 4.79 Å². The third-order valence-electron chi connectivity index (χ3n) is 3.21. The number of hydrogen-bond acceptors (Lipinski definition) is 4. The number of carbonyl (C=O) groups excluding carboxylic acids is 3. The van der Waals surface area contributed by atoms with Crippen molar-refractivity contribution in [1.82, 2.24) is 10.6 Å². The van der Waals surface area contributed by atoms with Crippen LogP contribution in [0.15, 0.2) is 30.3 Å². The van der Waals surface area contributed by atoms with Gasteiger partial charge in [0.1, 0.15) is 0 Å². The third kappa shape index (κ3) is 2.25. The molecule has 0 bridgehead atoms. The molecule has 1 saturated heterocycles. The highest BCUT2D eigenvalue weighted by atomic mass is 16.4. The lowest BCUT2D eigenvalue weighted by atomic mass is 9.74. The highest BCUT2D eigenvalue weighted by molar-refractivity contribution is 6.23. The van der Waals surface area contributed by atoms with Gasteiger partial charge in [0.25, 0.3) is 0 Å². The van der Waals surface area contributed by atoms with Crippen LogP contribution in [0, 0.1) is 0 Å². The summed E-state index contributed by atoms with van der Waals surface area (Å²) in [4.78, 5) is 46.3. The minimum atomic E-state index is -1.70. The highest BCUT2D eigenvalue weighted by Crippen LogP contribution is 2.32. The number of rotatable bonds is 4. The Labute approximate surface area is 114 Å². The molecule has 104 valence electrons. The van der Waals surface area contributed by atoms with Crippen LogP contribution in [-0.4, -0.2) is 28.9 Å². The van der Waals surface area contributed by atoms with E-state index in [9.17, 15) is 19.2 Å². The number of urea groups is 1. The van der Waals surface area contributed by atoms with Crippen LogP contribution in [0.25, 0.3) is 0 Å². The fraction of sp³-hybridized carbons (Fsp3) is 0.231. The van der Waals surface area contributed by atoms with Crippen LogP contribution >= 0.6 is 0 Å². The number of carboxylic acids is 1. The van der Waals surface area contributed by atoms with E-state index in [1.807, 2.05) is 10.6 Å². The summed E-state index contributed by atoms with van der Waals surface area (Å²) in [5.41, 5.74) is -1.35. The van der Waals surface area contributed by atoms with E-state index < -0.39 is 29.2 Å². The lowest BCUT2D eigenvalue weighted by Crippen LogP contribution is -2.64. The van der Waals surface area contributed by atoms with Crippen LogP contribution in [0.3, 0.4) is 0 Å². The third-order valence-corrected chi connectivity index (χ3v) is 3.21. The van der Waals surface area contributed by atoms with Crippen molar-refractivity contribution in [2.45, 2.75) is 18.3 Å². The molecule has 1 heterocycles. The van der Waals surface area contributed by atoms with Crippen LogP contribution in [0.4, 0.5) is 4.79 Å². The zero-order valence-corrected chi connectivity index (χ0v) is 10.4. The maximum atomic E-state index is 12.2. The van der Waals surface area contributed by atoms with Crippen molar-refractivity contribution in [1.29, 1.82) is 0 Å². The van der Waals surface area contributed by atoms with E-state index >= 15 is 0 Å². The predicted octanol–water partition coefficient (Wildman–Crippen LogP) is 0.155. The van der Waals surface area contributed by atoms with Gasteiger partial charge in [-0.2, -0.15) is 0 Å². The summed E-state index contributed by atoms with van der Waals surface area (Å²) in [7, 11) is 0. The Morgan fingerprint density at radius 3 is 2.10 bits per heavy atom. The topological polar surface area (TPSA) is 113 Å². The number of imide groups is 2. The van der Waals surface area contributed by atoms with E-state index in [-0.39, 0.29) is 12.8 Å². The SMILES string of the molecule is O=C(O)CCC1(c2ccccc2)C(=O)NC(=O)NC1=O. The molecule has 20 heavy (non-hydrogen) atoms. The molecule has 7 heteroatoms. The Hall–Kier alpha value is -2.70. The Morgan fingerprint density at radius 1 is 1.05 bits per heavy atom. The summed E-state index contributed by atoms with van der Waals surface area (Å²) in [6.45, 7) is 0. The molecule has 0 atom stereocenters. The van der Waals surface area contributed by atoms with Gasteiger partial charge in [-0.1, -0.05) is 30.3 Å². The minimum absolute atomic E-state index is 0.225. The first kappa shape index (κ1) is 13.7. The van der Waals surface area contributed by atoms with Crippen LogP contribution in [0.1, 0.15) is 18.4 Å². The zero-order chi connectivity index (χ0) is 14.8. The minimum Gasteiger partial charge on any atom is -0.481 e. The summed E-state index contributed by atoms with van der Waals surface area (Å²) < 4.78 is 0. The first-order valence-corrected chi connectivity index (χ1v) is 5.91. The molecule has 4 amide bonds. The second kappa shape index (κ2) is 5.12. The molecule has 0 radical (unpaired) electrons. The summed E-state index contributed by atoms with van der Waals surface area (Å²) in [5, 5.41) is 12.8. The van der Waals surface area contributed by atoms with Crippen molar-refractivity contribution in [3.63, 3.8) is 0 Å². The van der Waals surface area contributed by atoms with Gasteiger partial charge >= 0.3 is 12.0 Å². The second-order valence-electron chi connectivity index (χ2n) is 4.40. The largest absolute Gasteiger partial charge is 0.481 e. The molecule has 0 aliphatic carbocycles. The van der Waals surface area contributed by atoms with Crippen molar-refractivity contribution in [3.05, 3.63) is 35.9 Å². The lowest BCUT2D eigenvalue weighted by Gasteiger charge is -2.33. The average molecular weight is 276 g/mol. The van der Waals surface area contributed by atoms with Crippen molar-refractivity contribution in [2.75, 3.05) is 0 Å². The molecule has 1 aliphatic rings. The number of barbiturate groups is 1. The first-order chi connectivity index (χ1) is 9.46. The van der Waals surface area contributed by atoms with Gasteiger partial charge in [0.15, 0.2) is 5.41 Å². The van der Waals surface area contributed by atoms with E-state index in [2.05, 4.69) is 0 Å². The Balaban J connectivity index is 2.48. The molecule has 1 aromatic rings. The second-order valence-corrected chi connectivity index (χ2v) is 4.40. The van der Waals surface area contributed by atoms with Crippen LogP contribution in [-0.2, 0) is 19.8 Å². The number of benzene rings is 1. The molecular formula is C13H12N2O5. The number of carbonyl (C=O) groups is 4. The molecule has 1 aromatic carbocycles. The van der Waals surface area contributed by atoms with E-state index in [1.54, 1.807) is 30.3 Å². The van der Waals surface area contributed by atoms with Crippen molar-refractivity contribution in [2.24, 2.45) is 0 Å². The van der Waals surface area contributed by atoms with Gasteiger partial charge in [-0.05, 0) is 12.0 Å². The summed E-state index contributed by atoms with van der Waals surface area (Å²) in [6.07, 6.45) is -0.596. The molecule has 7 nitrogen and oxygen atoms in total. The van der Waals surface area contributed by atoms with Gasteiger partial charge in [-0.3, -0.25) is 25.0 Å². The number of carboxylic acid groups (broad SMARTS) is 1. The number of hydrogen-bond donors (Lipinski definition) is 3. The smallest absolute Gasteiger partial charge is 0.328 e. The average Bonchev–Trinajstić information content (AvgIpc) is 2.39. The molecule has 0 unspecified atom stereocenters. The molecule has 0 saturated carbocycles. The molecule has 3 N–H and O–H groups in total. The van der Waals surface area contributed by atoms with E-state index in [1.165, 1.54) is 0 Å². The van der Waals surface area contributed by atoms with Crippen molar-refractivity contribution < 1.29 is 24.3 Å². The summed E-state index contributed by atoms with van der Waals surface area (Å²) >= 11 is 0. The van der Waals surface area contributed by atoms with E-state index in [0.717, 1.165) is 0 Å². The normalized spacial score (nSPS) is 17.3. The Bertz CT molecular complexity index is 562. The van der Waals surface area contributed by atoms with E-state index in [4.69, 9.17) is 5.11 Å². The molecule has 0 spiro atoms. The summed E-state index contributed by atoms with van der Waals surface area (Å²) in [5.74, 6) is -2.74. The maximum Gasteiger partial charge on any atom is 0.328 e. The Kier molecular flexibility index (Phi) is 3.51. The molecule has 0 aromatic heterocycles. The molecule has 1 aliphatic heterocycles. The van der Waals surface area contributed by atoms with Crippen LogP contribution in [0.2, 0.25) is 0 Å². The van der Waals surface area contributed by atoms with Gasteiger partial charge in [-0.15, -0.1) is 0 Å². The first-order valence-electron chi connectivity index (χ1n) is 5.91. The lowest BCUT2D eigenvalue weighted by molar-refractivity contribution is -0.141. The fourth-order valence-electron chi connectivity index (χ4n) is 2.20. The fourth-order valence-corrected chi connectivity index (χ4v) is 2.20. The molecule has 1 fully saturated rings. The highest BCUT2D eigenvalue weighted by Gasteiger charge is 2.51. The number of aliphatic carboxylic acids is 1. The quantitative estimate of drug-likeness (QED) is 0.678. The molecule has 2 rings (SSSR count). The maximum absolute atomic E-state index is 12.2. The van der Waals surface area contributed by atoms with Gasteiger partial charge < -0.3 is 5.11 Å². The van der Waals surface area contributed by atoms with Gasteiger partial charge in [0, 0.05) is 6.42 Å². The Morgan fingerprint density at radius 2 is 1.60 bits per heavy atom. The predicted molar refractivity (Wildman–Crippen MR) is 66.7 cm³/mol. The monoisotopic (exact) mass is 276 g/mol. The van der Waals surface area contributed by atoms with Crippen molar-refractivity contribution in [3.8, 4) is 0 Å². The van der Waals surface area contributed by atoms with Gasteiger partial charge in [0.05, 0.1) is 0 Å². The molecular weight excluding hydrogens is 264 g/mol. The number of nitrogens with one attached hydrogen (secondary N) is 2. The van der Waals surface area contributed by atoms with Crippen LogP contribution in [0.5, 0.6) is 0 Å². The standard InChI is InChI=1S/C13H12N2O5/c16-9(17)6-7-13(8-4-2-1-3-5-8)10(18)14-12(20)15-11(13)19/h1-5H,6-7H2,(H,16,17)(H2,14,15,18,19,20). The van der Waals surface area contributed by atoms with E-state index in [0.29, 0.717) is 5.56 Å². The van der Waals surface area contributed by atoms with Gasteiger partial charge in [0.2, 0.25) is 11.8 Å². The zero-order valence-electron chi connectivity index (χ0n) is 10.4. The number of amides is 4. The van der Waals surface area contributed by atoms with Crippen molar-refractivity contribution >= 4 is 23.8 Å².